The summed E-state index contributed by atoms with van der Waals surface area (Å²) in [7, 11) is 0. The molecule has 0 radical (unpaired) electrons. The van der Waals surface area contributed by atoms with Crippen molar-refractivity contribution in [2.75, 3.05) is 0 Å². The minimum absolute atomic E-state index is 0.297. The Hall–Kier alpha value is -0.470. The second-order valence-electron chi connectivity index (χ2n) is 4.98. The molecular formula is C15H27F3. The molecule has 0 fully saturated rings. The normalized spacial score (nSPS) is 11.7. The van der Waals surface area contributed by atoms with E-state index >= 15 is 0 Å². The Morgan fingerprint density at radius 2 is 1.06 bits per heavy atom. The van der Waals surface area contributed by atoms with E-state index in [2.05, 4.69) is 6.58 Å². The molecule has 3 heteroatoms. The van der Waals surface area contributed by atoms with Crippen molar-refractivity contribution in [2.45, 2.75) is 83.2 Å². The summed E-state index contributed by atoms with van der Waals surface area (Å²) >= 11 is 0. The summed E-state index contributed by atoms with van der Waals surface area (Å²) < 4.78 is 35.6. The van der Waals surface area contributed by atoms with E-state index in [-0.39, 0.29) is 0 Å². The molecule has 0 unspecified atom stereocenters. The Bertz CT molecular complexity index is 185. The van der Waals surface area contributed by atoms with Crippen LogP contribution in [0, 0.1) is 0 Å². The molecule has 0 aromatic rings. The highest BCUT2D eigenvalue weighted by atomic mass is 19.4. The highest BCUT2D eigenvalue weighted by Gasteiger charge is 2.25. The maximum Gasteiger partial charge on any atom is 0.389 e. The number of hydrogen-bond donors (Lipinski definition) is 0. The van der Waals surface area contributed by atoms with Gasteiger partial charge in [-0.25, -0.2) is 0 Å². The largest absolute Gasteiger partial charge is 0.389 e. The van der Waals surface area contributed by atoms with Crippen molar-refractivity contribution >= 4 is 0 Å². The molecule has 0 N–H and O–H groups in total. The molecule has 18 heavy (non-hydrogen) atoms. The van der Waals surface area contributed by atoms with Gasteiger partial charge >= 0.3 is 6.18 Å². The van der Waals surface area contributed by atoms with Crippen molar-refractivity contribution in [1.82, 2.24) is 0 Å². The summed E-state index contributed by atoms with van der Waals surface area (Å²) in [5, 5.41) is 0. The monoisotopic (exact) mass is 264 g/mol. The number of hydrogen-bond acceptors (Lipinski definition) is 0. The predicted octanol–water partition coefficient (Wildman–Crippen LogP) is 6.42. The average molecular weight is 264 g/mol. The quantitative estimate of drug-likeness (QED) is 0.282. The van der Waals surface area contributed by atoms with Crippen LogP contribution in [0.4, 0.5) is 13.2 Å². The van der Waals surface area contributed by atoms with E-state index in [0.717, 1.165) is 25.7 Å². The van der Waals surface area contributed by atoms with Gasteiger partial charge in [0, 0.05) is 6.42 Å². The Morgan fingerprint density at radius 1 is 0.667 bits per heavy atom. The fourth-order valence-corrected chi connectivity index (χ4v) is 2.03. The van der Waals surface area contributed by atoms with Crippen LogP contribution in [0.5, 0.6) is 0 Å². The minimum Gasteiger partial charge on any atom is -0.171 e. The Morgan fingerprint density at radius 3 is 1.44 bits per heavy atom. The van der Waals surface area contributed by atoms with Gasteiger partial charge in [0.1, 0.15) is 0 Å². The molecule has 0 saturated carbocycles. The lowest BCUT2D eigenvalue weighted by Crippen LogP contribution is -2.06. The molecule has 0 aliphatic heterocycles. The van der Waals surface area contributed by atoms with Crippen molar-refractivity contribution in [1.29, 1.82) is 0 Å². The van der Waals surface area contributed by atoms with Gasteiger partial charge in [-0.15, -0.1) is 6.58 Å². The fraction of sp³-hybridized carbons (Fsp3) is 0.867. The highest BCUT2D eigenvalue weighted by Crippen LogP contribution is 2.23. The summed E-state index contributed by atoms with van der Waals surface area (Å²) in [5.41, 5.74) is 0. The average Bonchev–Trinajstić information content (AvgIpc) is 2.29. The summed E-state index contributed by atoms with van der Waals surface area (Å²) in [6.45, 7) is 3.69. The van der Waals surface area contributed by atoms with Gasteiger partial charge < -0.3 is 0 Å². The van der Waals surface area contributed by atoms with Crippen LogP contribution < -0.4 is 0 Å². The summed E-state index contributed by atoms with van der Waals surface area (Å²) in [4.78, 5) is 0. The molecule has 0 aliphatic rings. The molecule has 0 saturated heterocycles. The first-order valence-electron chi connectivity index (χ1n) is 7.24. The molecule has 108 valence electrons. The van der Waals surface area contributed by atoms with Crippen LogP contribution in [0.2, 0.25) is 0 Å². The first kappa shape index (κ1) is 17.5. The zero-order valence-electron chi connectivity index (χ0n) is 11.4. The van der Waals surface area contributed by atoms with Crippen LogP contribution in [-0.4, -0.2) is 6.18 Å². The van der Waals surface area contributed by atoms with E-state index < -0.39 is 12.6 Å². The molecule has 0 nitrogen and oxygen atoms in total. The maximum atomic E-state index is 11.9. The Kier molecular flexibility index (Phi) is 11.3. The van der Waals surface area contributed by atoms with E-state index in [1.54, 1.807) is 0 Å². The first-order chi connectivity index (χ1) is 8.56. The number of alkyl halides is 3. The van der Waals surface area contributed by atoms with Crippen LogP contribution in [0.3, 0.4) is 0 Å². The fourth-order valence-electron chi connectivity index (χ4n) is 2.03. The lowest BCUT2D eigenvalue weighted by atomic mass is 10.1. The topological polar surface area (TPSA) is 0 Å². The van der Waals surface area contributed by atoms with Crippen LogP contribution in [0.25, 0.3) is 0 Å². The zero-order chi connectivity index (χ0) is 13.7. The lowest BCUT2D eigenvalue weighted by molar-refractivity contribution is -0.135. The maximum absolute atomic E-state index is 11.9. The van der Waals surface area contributed by atoms with Crippen molar-refractivity contribution in [3.05, 3.63) is 12.7 Å². The van der Waals surface area contributed by atoms with Gasteiger partial charge in [0.25, 0.3) is 0 Å². The molecule has 0 aromatic carbocycles. The molecule has 0 aliphatic carbocycles. The standard InChI is InChI=1S/C15H27F3/c1-2-3-4-5-6-7-8-9-10-11-12-13-14-15(16,17)18/h2H,1,3-14H2. The van der Waals surface area contributed by atoms with Crippen molar-refractivity contribution in [2.24, 2.45) is 0 Å². The van der Waals surface area contributed by atoms with E-state index in [1.807, 2.05) is 6.08 Å². The molecular weight excluding hydrogens is 237 g/mol. The van der Waals surface area contributed by atoms with Gasteiger partial charge in [-0.2, -0.15) is 13.2 Å². The van der Waals surface area contributed by atoms with Gasteiger partial charge in [0.2, 0.25) is 0 Å². The van der Waals surface area contributed by atoms with Crippen LogP contribution in [0.1, 0.15) is 77.0 Å². The van der Waals surface area contributed by atoms with Gasteiger partial charge in [-0.1, -0.05) is 57.4 Å². The molecule has 0 rings (SSSR count). The number of unbranched alkanes of at least 4 members (excludes halogenated alkanes) is 10. The number of halogens is 3. The molecule has 0 spiro atoms. The summed E-state index contributed by atoms with van der Waals surface area (Å²) in [6, 6.07) is 0. The van der Waals surface area contributed by atoms with E-state index in [1.165, 1.54) is 38.5 Å². The molecule has 0 bridgehead atoms. The molecule has 0 aromatic heterocycles. The first-order valence-corrected chi connectivity index (χ1v) is 7.24. The smallest absolute Gasteiger partial charge is 0.171 e. The molecule has 0 amide bonds. The second kappa shape index (κ2) is 11.6. The summed E-state index contributed by atoms with van der Waals surface area (Å²) in [6.07, 6.45) is 9.00. The Balaban J connectivity index is 3.01. The van der Waals surface area contributed by atoms with E-state index in [4.69, 9.17) is 0 Å². The minimum atomic E-state index is -3.97. The van der Waals surface area contributed by atoms with Crippen molar-refractivity contribution < 1.29 is 13.2 Å². The zero-order valence-corrected chi connectivity index (χ0v) is 11.4. The van der Waals surface area contributed by atoms with Crippen molar-refractivity contribution in [3.63, 3.8) is 0 Å². The van der Waals surface area contributed by atoms with Crippen LogP contribution >= 0.6 is 0 Å². The van der Waals surface area contributed by atoms with E-state index in [0.29, 0.717) is 6.42 Å². The van der Waals surface area contributed by atoms with Gasteiger partial charge in [0.15, 0.2) is 0 Å². The summed E-state index contributed by atoms with van der Waals surface area (Å²) in [5.74, 6) is 0. The third kappa shape index (κ3) is 15.5. The second-order valence-corrected chi connectivity index (χ2v) is 4.98. The number of rotatable bonds is 12. The SMILES string of the molecule is C=CCCCCCCCCCCCCC(F)(F)F. The van der Waals surface area contributed by atoms with Gasteiger partial charge in [0.05, 0.1) is 0 Å². The van der Waals surface area contributed by atoms with Crippen molar-refractivity contribution in [3.8, 4) is 0 Å². The Labute approximate surface area is 110 Å². The predicted molar refractivity (Wildman–Crippen MR) is 71.7 cm³/mol. The van der Waals surface area contributed by atoms with Gasteiger partial charge in [-0.05, 0) is 19.3 Å². The third-order valence-corrected chi connectivity index (χ3v) is 3.12. The van der Waals surface area contributed by atoms with Gasteiger partial charge in [-0.3, -0.25) is 0 Å². The van der Waals surface area contributed by atoms with Crippen LogP contribution in [0.15, 0.2) is 12.7 Å². The highest BCUT2D eigenvalue weighted by molar-refractivity contribution is 4.65. The third-order valence-electron chi connectivity index (χ3n) is 3.12. The molecule has 0 atom stereocenters. The van der Waals surface area contributed by atoms with E-state index in [9.17, 15) is 13.2 Å². The van der Waals surface area contributed by atoms with Crippen LogP contribution in [-0.2, 0) is 0 Å². The lowest BCUT2D eigenvalue weighted by Gasteiger charge is -2.05. The molecule has 0 heterocycles. The number of allylic oxidation sites excluding steroid dienone is 1.